The zero-order valence-electron chi connectivity index (χ0n) is 26.0. The normalized spacial score (nSPS) is 21.4. The number of esters is 1. The lowest BCUT2D eigenvalue weighted by Gasteiger charge is -2.39. The fourth-order valence-electron chi connectivity index (χ4n) is 6.45. The van der Waals surface area contributed by atoms with Gasteiger partial charge in [-0.05, 0) is 36.6 Å². The molecule has 252 valence electrons. The number of nitrogens with zero attached hydrogens (tertiary/aromatic N) is 4. The number of aromatic nitrogens is 2. The predicted molar refractivity (Wildman–Crippen MR) is 168 cm³/mol. The fourth-order valence-corrected chi connectivity index (χ4v) is 6.61. The second-order valence-electron chi connectivity index (χ2n) is 12.1. The second-order valence-corrected chi connectivity index (χ2v) is 12.5. The number of H-pyrrole nitrogens is 1. The maximum Gasteiger partial charge on any atom is 0.411 e. The van der Waals surface area contributed by atoms with Crippen LogP contribution in [-0.2, 0) is 25.5 Å². The van der Waals surface area contributed by atoms with Crippen molar-refractivity contribution in [1.82, 2.24) is 19.8 Å². The number of β-amino-alcohol motifs (C(OH)–C–C–N with tert-alkyl or cyclic N) is 1. The molecular formula is C33H33ClF2N6O6. The van der Waals surface area contributed by atoms with Crippen molar-refractivity contribution in [1.29, 1.82) is 5.26 Å². The molecule has 2 aromatic carbocycles. The molecule has 1 unspecified atom stereocenters. The summed E-state index contributed by atoms with van der Waals surface area (Å²) in [5, 5.41) is 23.0. The summed E-state index contributed by atoms with van der Waals surface area (Å²) >= 11 is 5.88. The molecular weight excluding hydrogens is 650 g/mol. The number of nitrogens with one attached hydrogen (secondary N) is 2. The van der Waals surface area contributed by atoms with E-state index in [4.69, 9.17) is 21.1 Å². The Labute approximate surface area is 279 Å². The average Bonchev–Trinajstić information content (AvgIpc) is 3.48. The molecule has 2 saturated heterocycles. The summed E-state index contributed by atoms with van der Waals surface area (Å²) in [6.45, 7) is 0.515. The van der Waals surface area contributed by atoms with Crippen molar-refractivity contribution in [2.24, 2.45) is 0 Å². The highest BCUT2D eigenvalue weighted by molar-refractivity contribution is 6.30. The molecule has 3 atom stereocenters. The third-order valence-electron chi connectivity index (χ3n) is 8.98. The Kier molecular flexibility index (Phi) is 9.52. The number of anilines is 1. The summed E-state index contributed by atoms with van der Waals surface area (Å²) in [5.41, 5.74) is 1.56. The lowest BCUT2D eigenvalue weighted by atomic mass is 9.98. The van der Waals surface area contributed by atoms with E-state index in [-0.39, 0.29) is 49.1 Å². The molecule has 4 heterocycles. The van der Waals surface area contributed by atoms with E-state index in [1.165, 1.54) is 12.0 Å². The van der Waals surface area contributed by atoms with E-state index in [1.54, 1.807) is 23.1 Å². The Balaban J connectivity index is 1.35. The molecule has 0 radical (unpaired) electrons. The number of hydrogen-bond donors (Lipinski definition) is 3. The molecule has 1 aromatic heterocycles. The van der Waals surface area contributed by atoms with E-state index in [0.717, 1.165) is 12.1 Å². The molecule has 3 aliphatic rings. The van der Waals surface area contributed by atoms with Crippen molar-refractivity contribution in [3.8, 4) is 17.3 Å². The second kappa shape index (κ2) is 13.8. The molecule has 3 aliphatic heterocycles. The molecule has 2 amide bonds. The van der Waals surface area contributed by atoms with Crippen molar-refractivity contribution < 1.29 is 37.7 Å². The first kappa shape index (κ1) is 33.2. The number of methoxy groups -OCH3 is 1. The molecule has 2 fully saturated rings. The van der Waals surface area contributed by atoms with Crippen LogP contribution in [0.5, 0.6) is 0 Å². The third kappa shape index (κ3) is 6.52. The van der Waals surface area contributed by atoms with Gasteiger partial charge in [-0.1, -0.05) is 36.6 Å². The Morgan fingerprint density at radius 1 is 1.19 bits per heavy atom. The SMILES string of the molecule is COC(=O)Cc1ccc2c(c1)N[C@@H](C(=O)N1CC(O)C1)CCCC[C@H](N1CCC(c3c(F)ccc(Cl)c3F)OC1=O)c1nc(C#N)c-2[nH]1. The summed E-state index contributed by atoms with van der Waals surface area (Å²) < 4.78 is 39.8. The highest BCUT2D eigenvalue weighted by Gasteiger charge is 2.39. The zero-order valence-corrected chi connectivity index (χ0v) is 26.7. The van der Waals surface area contributed by atoms with Crippen molar-refractivity contribution in [3.05, 3.63) is 69.6 Å². The molecule has 3 N–H and O–H groups in total. The quantitative estimate of drug-likeness (QED) is 0.254. The number of hydrogen-bond acceptors (Lipinski definition) is 9. The molecule has 0 aliphatic carbocycles. The van der Waals surface area contributed by atoms with Crippen LogP contribution < -0.4 is 5.32 Å². The van der Waals surface area contributed by atoms with E-state index in [2.05, 4.69) is 21.4 Å². The summed E-state index contributed by atoms with van der Waals surface area (Å²) in [6, 6.07) is 7.98. The number of carbonyl (C=O) groups is 3. The number of cyclic esters (lactones) is 1. The Morgan fingerprint density at radius 2 is 1.96 bits per heavy atom. The van der Waals surface area contributed by atoms with E-state index in [1.807, 2.05) is 0 Å². The van der Waals surface area contributed by atoms with Crippen LogP contribution in [0.25, 0.3) is 11.3 Å². The largest absolute Gasteiger partial charge is 0.469 e. The minimum absolute atomic E-state index is 0.0230. The maximum absolute atomic E-state index is 14.8. The first-order chi connectivity index (χ1) is 23.1. The number of carbonyl (C=O) groups excluding carboxylic acids is 3. The summed E-state index contributed by atoms with van der Waals surface area (Å²) in [6.07, 6.45) is -0.658. The number of likely N-dealkylation sites (tertiary alicyclic amines) is 1. The van der Waals surface area contributed by atoms with E-state index < -0.39 is 53.6 Å². The molecule has 6 rings (SSSR count). The number of imidazole rings is 1. The number of rotatable bonds is 5. The van der Waals surface area contributed by atoms with Crippen molar-refractivity contribution in [2.75, 3.05) is 32.1 Å². The van der Waals surface area contributed by atoms with Crippen LogP contribution in [0.1, 0.15) is 66.9 Å². The number of aromatic amines is 1. The molecule has 2 bridgehead atoms. The Hall–Kier alpha value is -4.74. The molecule has 48 heavy (non-hydrogen) atoms. The average molecular weight is 683 g/mol. The number of fused-ring (bicyclic) bond motifs is 4. The van der Waals surface area contributed by atoms with Crippen LogP contribution in [0.3, 0.4) is 0 Å². The van der Waals surface area contributed by atoms with Gasteiger partial charge in [0.1, 0.15) is 29.9 Å². The first-order valence-electron chi connectivity index (χ1n) is 15.6. The molecule has 15 heteroatoms. The van der Waals surface area contributed by atoms with Gasteiger partial charge >= 0.3 is 12.1 Å². The highest BCUT2D eigenvalue weighted by Crippen LogP contribution is 2.39. The lowest BCUT2D eigenvalue weighted by molar-refractivity contribution is -0.142. The number of halogens is 3. The van der Waals surface area contributed by atoms with Gasteiger partial charge in [-0.2, -0.15) is 5.26 Å². The number of aliphatic hydroxyl groups is 1. The van der Waals surface area contributed by atoms with Gasteiger partial charge in [0, 0.05) is 37.3 Å². The number of benzene rings is 2. The minimum Gasteiger partial charge on any atom is -0.469 e. The van der Waals surface area contributed by atoms with Gasteiger partial charge in [0.15, 0.2) is 11.5 Å². The van der Waals surface area contributed by atoms with Crippen molar-refractivity contribution in [3.63, 3.8) is 0 Å². The number of aliphatic hydroxyl groups excluding tert-OH is 1. The topological polar surface area (TPSA) is 161 Å². The molecule has 12 nitrogen and oxygen atoms in total. The minimum atomic E-state index is -1.19. The summed E-state index contributed by atoms with van der Waals surface area (Å²) in [7, 11) is 1.29. The van der Waals surface area contributed by atoms with Crippen LogP contribution in [-0.4, -0.2) is 81.7 Å². The number of amides is 2. The summed E-state index contributed by atoms with van der Waals surface area (Å²) in [5.74, 6) is -2.18. The monoisotopic (exact) mass is 682 g/mol. The van der Waals surface area contributed by atoms with Gasteiger partial charge in [-0.25, -0.2) is 18.6 Å². The van der Waals surface area contributed by atoms with Gasteiger partial charge < -0.3 is 29.8 Å². The maximum atomic E-state index is 14.8. The Morgan fingerprint density at radius 3 is 2.67 bits per heavy atom. The Bertz CT molecular complexity index is 1790. The number of nitriles is 1. The molecule has 0 spiro atoms. The fraction of sp³-hybridized carbons (Fsp3) is 0.424. The molecule has 3 aromatic rings. The van der Waals surface area contributed by atoms with Crippen LogP contribution in [0.15, 0.2) is 30.3 Å². The summed E-state index contributed by atoms with van der Waals surface area (Å²) in [4.78, 5) is 49.9. The third-order valence-corrected chi connectivity index (χ3v) is 9.27. The van der Waals surface area contributed by atoms with Gasteiger partial charge in [0.25, 0.3) is 0 Å². The van der Waals surface area contributed by atoms with Gasteiger partial charge in [0.2, 0.25) is 5.91 Å². The smallest absolute Gasteiger partial charge is 0.411 e. The zero-order chi connectivity index (χ0) is 34.1. The van der Waals surface area contributed by atoms with E-state index in [9.17, 15) is 33.5 Å². The lowest BCUT2D eigenvalue weighted by Crippen LogP contribution is -2.57. The number of ether oxygens (including phenoxy) is 2. The van der Waals surface area contributed by atoms with Crippen LogP contribution in [0.2, 0.25) is 5.02 Å². The van der Waals surface area contributed by atoms with E-state index in [0.29, 0.717) is 54.0 Å². The standard InChI is InChI=1S/C33H33ClF2N6O6/c1-47-27(44)13-17-6-7-19-23(12-17)38-22(32(45)41-15-18(43)16-41)4-2-3-5-25(31-39-24(14-37)30(19)40-31)42-11-10-26(48-33(42)46)28-21(35)9-8-20(34)29(28)36/h6-9,12,18,22,25-26,38,43H,2-5,10-11,13,15-16H2,1H3,(H,39,40)/t22-,25+,26?/m1/s1. The van der Waals surface area contributed by atoms with Gasteiger partial charge in [-0.15, -0.1) is 0 Å². The van der Waals surface area contributed by atoms with Crippen LogP contribution in [0, 0.1) is 23.0 Å². The van der Waals surface area contributed by atoms with Crippen molar-refractivity contribution in [2.45, 2.75) is 62.8 Å². The van der Waals surface area contributed by atoms with Crippen LogP contribution >= 0.6 is 11.6 Å². The van der Waals surface area contributed by atoms with Gasteiger partial charge in [-0.3, -0.25) is 14.5 Å². The van der Waals surface area contributed by atoms with Gasteiger partial charge in [0.05, 0.1) is 42.0 Å². The predicted octanol–water partition coefficient (Wildman–Crippen LogP) is 4.78. The van der Waals surface area contributed by atoms with E-state index >= 15 is 0 Å². The first-order valence-corrected chi connectivity index (χ1v) is 16.0. The highest BCUT2D eigenvalue weighted by atomic mass is 35.5. The van der Waals surface area contributed by atoms with Crippen LogP contribution in [0.4, 0.5) is 19.3 Å². The molecule has 0 saturated carbocycles. The van der Waals surface area contributed by atoms with Crippen molar-refractivity contribution >= 4 is 35.3 Å².